The molecule has 0 aromatic carbocycles. The van der Waals surface area contributed by atoms with E-state index in [-0.39, 0.29) is 0 Å². The molecule has 1 fully saturated rings. The van der Waals surface area contributed by atoms with E-state index in [4.69, 9.17) is 0 Å². The number of rotatable bonds is 8. The molecule has 1 N–H and O–H groups in total. The second kappa shape index (κ2) is 8.08. The van der Waals surface area contributed by atoms with Gasteiger partial charge in [-0.2, -0.15) is 0 Å². The van der Waals surface area contributed by atoms with Crippen LogP contribution < -0.4 is 5.32 Å². The first-order chi connectivity index (χ1) is 7.74. The topological polar surface area (TPSA) is 15.3 Å². The lowest BCUT2D eigenvalue weighted by Gasteiger charge is -2.13. The van der Waals surface area contributed by atoms with Crippen LogP contribution in [0.25, 0.3) is 0 Å². The second-order valence-electron chi connectivity index (χ2n) is 5.44. The Morgan fingerprint density at radius 1 is 1.12 bits per heavy atom. The molecule has 2 atom stereocenters. The van der Waals surface area contributed by atoms with Crippen molar-refractivity contribution < 1.29 is 0 Å². The van der Waals surface area contributed by atoms with E-state index in [0.717, 1.165) is 12.1 Å². The van der Waals surface area contributed by atoms with Gasteiger partial charge in [-0.25, -0.2) is 0 Å². The van der Waals surface area contributed by atoms with Crippen LogP contribution >= 0.6 is 0 Å². The summed E-state index contributed by atoms with van der Waals surface area (Å²) < 4.78 is 0. The van der Waals surface area contributed by atoms with Gasteiger partial charge in [-0.05, 0) is 33.4 Å². The average Bonchev–Trinajstić information content (AvgIpc) is 2.57. The molecule has 0 aromatic rings. The SMILES string of the molecule is CCCCCCCCNC1CC(C)N(C)C1. The summed E-state index contributed by atoms with van der Waals surface area (Å²) in [6.45, 7) is 7.06. The molecule has 0 amide bonds. The molecule has 0 aliphatic carbocycles. The fourth-order valence-corrected chi connectivity index (χ4v) is 2.55. The Kier molecular flexibility index (Phi) is 7.06. The maximum absolute atomic E-state index is 3.69. The van der Waals surface area contributed by atoms with Crippen molar-refractivity contribution in [2.45, 2.75) is 70.9 Å². The summed E-state index contributed by atoms with van der Waals surface area (Å²) in [5.74, 6) is 0. The zero-order valence-corrected chi connectivity index (χ0v) is 11.5. The summed E-state index contributed by atoms with van der Waals surface area (Å²) in [6, 6.07) is 1.51. The third-order valence-electron chi connectivity index (χ3n) is 3.85. The molecule has 2 unspecified atom stereocenters. The van der Waals surface area contributed by atoms with Crippen molar-refractivity contribution in [3.8, 4) is 0 Å². The Morgan fingerprint density at radius 2 is 1.81 bits per heavy atom. The van der Waals surface area contributed by atoms with Crippen molar-refractivity contribution in [3.05, 3.63) is 0 Å². The summed E-state index contributed by atoms with van der Waals surface area (Å²) in [4.78, 5) is 2.46. The van der Waals surface area contributed by atoms with Gasteiger partial charge in [0.1, 0.15) is 0 Å². The highest BCUT2D eigenvalue weighted by atomic mass is 15.2. The van der Waals surface area contributed by atoms with Crippen molar-refractivity contribution in [1.29, 1.82) is 0 Å². The van der Waals surface area contributed by atoms with E-state index in [1.807, 2.05) is 0 Å². The number of likely N-dealkylation sites (tertiary alicyclic amines) is 1. The number of unbranched alkanes of at least 4 members (excludes halogenated alkanes) is 5. The number of hydrogen-bond acceptors (Lipinski definition) is 2. The Hall–Kier alpha value is -0.0800. The number of likely N-dealkylation sites (N-methyl/N-ethyl adjacent to an activating group) is 1. The van der Waals surface area contributed by atoms with Gasteiger partial charge in [0.25, 0.3) is 0 Å². The highest BCUT2D eigenvalue weighted by Gasteiger charge is 2.24. The molecule has 0 bridgehead atoms. The van der Waals surface area contributed by atoms with Gasteiger partial charge in [-0.3, -0.25) is 0 Å². The molecular formula is C14H30N2. The standard InChI is InChI=1S/C14H30N2/c1-4-5-6-7-8-9-10-15-14-11-13(2)16(3)12-14/h13-15H,4-12H2,1-3H3. The molecule has 96 valence electrons. The van der Waals surface area contributed by atoms with E-state index in [1.165, 1.54) is 58.0 Å². The van der Waals surface area contributed by atoms with Gasteiger partial charge in [0.15, 0.2) is 0 Å². The van der Waals surface area contributed by atoms with E-state index in [2.05, 4.69) is 31.1 Å². The Bertz CT molecular complexity index is 160. The first-order valence-electron chi connectivity index (χ1n) is 7.17. The number of nitrogens with one attached hydrogen (secondary N) is 1. The van der Waals surface area contributed by atoms with Gasteiger partial charge in [0.2, 0.25) is 0 Å². The van der Waals surface area contributed by atoms with Gasteiger partial charge >= 0.3 is 0 Å². The minimum atomic E-state index is 0.746. The maximum atomic E-state index is 3.69. The Labute approximate surface area is 102 Å². The van der Waals surface area contributed by atoms with Gasteiger partial charge in [-0.1, -0.05) is 39.0 Å². The summed E-state index contributed by atoms with van der Waals surface area (Å²) >= 11 is 0. The first-order valence-corrected chi connectivity index (χ1v) is 7.17. The van der Waals surface area contributed by atoms with Crippen LogP contribution in [0.4, 0.5) is 0 Å². The summed E-state index contributed by atoms with van der Waals surface area (Å²) in [5, 5.41) is 3.69. The van der Waals surface area contributed by atoms with Crippen molar-refractivity contribution in [2.24, 2.45) is 0 Å². The van der Waals surface area contributed by atoms with Crippen molar-refractivity contribution in [1.82, 2.24) is 10.2 Å². The van der Waals surface area contributed by atoms with Crippen molar-refractivity contribution in [3.63, 3.8) is 0 Å². The molecule has 16 heavy (non-hydrogen) atoms. The molecule has 1 aliphatic rings. The van der Waals surface area contributed by atoms with E-state index in [9.17, 15) is 0 Å². The Morgan fingerprint density at radius 3 is 2.44 bits per heavy atom. The molecule has 1 aliphatic heterocycles. The summed E-state index contributed by atoms with van der Waals surface area (Å²) in [7, 11) is 2.23. The third-order valence-corrected chi connectivity index (χ3v) is 3.85. The third kappa shape index (κ3) is 5.31. The highest BCUT2D eigenvalue weighted by Crippen LogP contribution is 2.14. The fraction of sp³-hybridized carbons (Fsp3) is 1.00. The lowest BCUT2D eigenvalue weighted by molar-refractivity contribution is 0.326. The lowest BCUT2D eigenvalue weighted by Crippen LogP contribution is -2.32. The van der Waals surface area contributed by atoms with Gasteiger partial charge in [0, 0.05) is 18.6 Å². The van der Waals surface area contributed by atoms with Crippen LogP contribution in [-0.4, -0.2) is 37.1 Å². The number of hydrogen-bond donors (Lipinski definition) is 1. The molecule has 0 saturated carbocycles. The molecule has 0 spiro atoms. The molecule has 0 aromatic heterocycles. The summed E-state index contributed by atoms with van der Waals surface area (Å²) in [6.07, 6.45) is 9.72. The van der Waals surface area contributed by atoms with Crippen LogP contribution in [0.2, 0.25) is 0 Å². The second-order valence-corrected chi connectivity index (χ2v) is 5.44. The molecular weight excluding hydrogens is 196 g/mol. The van der Waals surface area contributed by atoms with Crippen LogP contribution in [0.1, 0.15) is 58.8 Å². The lowest BCUT2D eigenvalue weighted by atomic mass is 10.1. The highest BCUT2D eigenvalue weighted by molar-refractivity contribution is 4.84. The minimum absolute atomic E-state index is 0.746. The van der Waals surface area contributed by atoms with Crippen LogP contribution in [0.3, 0.4) is 0 Å². The van der Waals surface area contributed by atoms with Crippen LogP contribution in [0.5, 0.6) is 0 Å². The zero-order chi connectivity index (χ0) is 11.8. The van der Waals surface area contributed by atoms with E-state index < -0.39 is 0 Å². The van der Waals surface area contributed by atoms with Crippen molar-refractivity contribution >= 4 is 0 Å². The van der Waals surface area contributed by atoms with Gasteiger partial charge < -0.3 is 10.2 Å². The molecule has 1 saturated heterocycles. The average molecular weight is 226 g/mol. The van der Waals surface area contributed by atoms with Gasteiger partial charge in [-0.15, -0.1) is 0 Å². The van der Waals surface area contributed by atoms with E-state index in [0.29, 0.717) is 0 Å². The molecule has 2 heteroatoms. The maximum Gasteiger partial charge on any atom is 0.0209 e. The zero-order valence-electron chi connectivity index (χ0n) is 11.5. The quantitative estimate of drug-likeness (QED) is 0.640. The molecule has 2 nitrogen and oxygen atoms in total. The van der Waals surface area contributed by atoms with Crippen LogP contribution in [0, 0.1) is 0 Å². The van der Waals surface area contributed by atoms with E-state index in [1.54, 1.807) is 0 Å². The Balaban J connectivity index is 1.88. The normalized spacial score (nSPS) is 26.4. The number of nitrogens with zero attached hydrogens (tertiary/aromatic N) is 1. The largest absolute Gasteiger partial charge is 0.313 e. The smallest absolute Gasteiger partial charge is 0.0209 e. The minimum Gasteiger partial charge on any atom is -0.313 e. The monoisotopic (exact) mass is 226 g/mol. The fourth-order valence-electron chi connectivity index (χ4n) is 2.55. The van der Waals surface area contributed by atoms with E-state index >= 15 is 0 Å². The predicted molar refractivity (Wildman–Crippen MR) is 71.9 cm³/mol. The molecule has 1 heterocycles. The van der Waals surface area contributed by atoms with Crippen LogP contribution in [-0.2, 0) is 0 Å². The predicted octanol–water partition coefficient (Wildman–Crippen LogP) is 3.03. The summed E-state index contributed by atoms with van der Waals surface area (Å²) in [5.41, 5.74) is 0. The molecule has 1 rings (SSSR count). The molecule has 0 radical (unpaired) electrons. The van der Waals surface area contributed by atoms with Crippen molar-refractivity contribution in [2.75, 3.05) is 20.1 Å². The van der Waals surface area contributed by atoms with Gasteiger partial charge in [0.05, 0.1) is 0 Å². The van der Waals surface area contributed by atoms with Crippen LogP contribution in [0.15, 0.2) is 0 Å². The first kappa shape index (κ1) is 14.0.